The summed E-state index contributed by atoms with van der Waals surface area (Å²) in [5, 5.41) is 11.1. The van der Waals surface area contributed by atoms with Gasteiger partial charge in [-0.3, -0.25) is 56.3 Å². The van der Waals surface area contributed by atoms with E-state index in [-0.39, 0.29) is 94.0 Å². The summed E-state index contributed by atoms with van der Waals surface area (Å²) < 4.78 is 186. The SMILES string of the molecule is CCOC(=O)CCCCCN1\C2=C/C=C/C=C/C3=[N+](CCCCCC(=O)OCC)c4ccc(S(=O)(=O)O)cc4C3(C)CCCCCC(=O)NCCCCCNC(=O)C(CS(=O)(=O)O)NC(=O)C(CS(=O)(=O)O)NC(=O)C(CS(=O)(=O)O)NC(=O)CCCCCC2(C)c2cc(S(=O)(=O)O)ccc21. The van der Waals surface area contributed by atoms with Crippen LogP contribution in [0.3, 0.4) is 0 Å². The average molecular weight is 1520 g/mol. The Morgan fingerprint density at radius 3 is 1.56 bits per heavy atom. The lowest BCUT2D eigenvalue weighted by molar-refractivity contribution is -0.438. The molecule has 0 spiro atoms. The molecular weight excluding hydrogens is 1420 g/mol. The number of carbonyl (C=O) groups is 7. The summed E-state index contributed by atoms with van der Waals surface area (Å²) in [6.45, 7) is 8.58. The molecule has 10 N–H and O–H groups in total. The number of ether oxygens (including phenoxy) is 2. The topological polar surface area (TPSA) is 476 Å². The van der Waals surface area contributed by atoms with Crippen molar-refractivity contribution in [3.63, 3.8) is 0 Å². The fraction of sp³-hybridized carbons (Fsp3) is 0.600. The first-order valence-electron chi connectivity index (χ1n) is 33.6. The highest BCUT2D eigenvalue weighted by atomic mass is 32.2. The predicted molar refractivity (Wildman–Crippen MR) is 372 cm³/mol. The van der Waals surface area contributed by atoms with E-state index in [0.717, 1.165) is 5.71 Å². The fourth-order valence-corrected chi connectivity index (χ4v) is 15.6. The highest BCUT2D eigenvalue weighted by molar-refractivity contribution is 7.86. The summed E-state index contributed by atoms with van der Waals surface area (Å²) in [6.07, 6.45) is 16.5. The first-order valence-corrected chi connectivity index (χ1v) is 41.3. The number of anilines is 1. The van der Waals surface area contributed by atoms with E-state index in [1.165, 1.54) is 24.3 Å². The Bertz CT molecular complexity index is 4030. The number of hydrogen-bond donors (Lipinski definition) is 10. The van der Waals surface area contributed by atoms with Crippen LogP contribution in [0.5, 0.6) is 0 Å². The van der Waals surface area contributed by atoms with Crippen LogP contribution in [0.1, 0.15) is 174 Å². The summed E-state index contributed by atoms with van der Waals surface area (Å²) in [6, 6.07) is 1.80. The lowest BCUT2D eigenvalue weighted by atomic mass is 9.75. The lowest BCUT2D eigenvalue weighted by Crippen LogP contribution is -2.60. The van der Waals surface area contributed by atoms with Crippen molar-refractivity contribution < 1.29 is 112 Å². The second-order valence-electron chi connectivity index (χ2n) is 25.5. The highest BCUT2D eigenvalue weighted by Crippen LogP contribution is 2.52. The van der Waals surface area contributed by atoms with Crippen LogP contribution in [-0.2, 0) is 104 Å². The Kier molecular flexibility index (Phi) is 32.2. The maximum Gasteiger partial charge on any atom is 0.305 e. The number of unbranched alkanes of at least 4 members (excludes halogenated alkanes) is 4. The first kappa shape index (κ1) is 84.6. The van der Waals surface area contributed by atoms with E-state index >= 15 is 0 Å². The van der Waals surface area contributed by atoms with Crippen LogP contribution in [0.2, 0.25) is 0 Å². The molecule has 5 amide bonds. The third-order valence-corrected chi connectivity index (χ3v) is 21.5. The van der Waals surface area contributed by atoms with Gasteiger partial charge in [0.05, 0.1) is 28.4 Å². The van der Waals surface area contributed by atoms with Gasteiger partial charge in [-0.2, -0.15) is 46.7 Å². The maximum absolute atomic E-state index is 13.7. The number of hydrogen-bond acceptors (Lipinski definition) is 20. The molecule has 5 rings (SSSR count). The van der Waals surface area contributed by atoms with Crippen LogP contribution in [0.25, 0.3) is 0 Å². The maximum atomic E-state index is 13.7. The molecule has 3 aliphatic rings. The van der Waals surface area contributed by atoms with Crippen LogP contribution >= 0.6 is 0 Å². The van der Waals surface area contributed by atoms with Crippen molar-refractivity contribution in [1.82, 2.24) is 26.6 Å². The van der Waals surface area contributed by atoms with Crippen molar-refractivity contribution in [2.75, 3.05) is 61.6 Å². The van der Waals surface area contributed by atoms with E-state index in [1.807, 2.05) is 47.6 Å². The monoisotopic (exact) mass is 1520 g/mol. The van der Waals surface area contributed by atoms with Gasteiger partial charge in [-0.05, 0) is 140 Å². The zero-order chi connectivity index (χ0) is 75.0. The molecule has 3 heterocycles. The van der Waals surface area contributed by atoms with E-state index in [9.17, 15) is 98.4 Å². The number of allylic oxidation sites excluding steroid dienone is 6. The second-order valence-corrected chi connectivity index (χ2v) is 32.8. The molecule has 3 aliphatic heterocycles. The molecule has 0 bridgehead atoms. The second kappa shape index (κ2) is 38.5. The van der Waals surface area contributed by atoms with E-state index in [1.54, 1.807) is 38.1 Å². The van der Waals surface area contributed by atoms with Gasteiger partial charge in [0.15, 0.2) is 5.71 Å². The van der Waals surface area contributed by atoms with E-state index in [2.05, 4.69) is 20.5 Å². The molecule has 564 valence electrons. The number of fused-ring (bicyclic) bond motifs is 6. The number of esters is 2. The minimum Gasteiger partial charge on any atom is -0.466 e. The number of nitrogens with zero attached hydrogens (tertiary/aromatic N) is 2. The third-order valence-electron chi connectivity index (χ3n) is 17.6. The van der Waals surface area contributed by atoms with Crippen molar-refractivity contribution in [3.05, 3.63) is 83.6 Å². The van der Waals surface area contributed by atoms with Crippen molar-refractivity contribution in [3.8, 4) is 0 Å². The Labute approximate surface area is 591 Å². The molecule has 101 heavy (non-hydrogen) atoms. The fourth-order valence-electron chi connectivity index (χ4n) is 12.6. The van der Waals surface area contributed by atoms with Crippen molar-refractivity contribution in [2.45, 2.75) is 201 Å². The molecular formula is C65H96N7O24S5+. The Morgan fingerprint density at radius 1 is 0.535 bits per heavy atom. The van der Waals surface area contributed by atoms with Gasteiger partial charge >= 0.3 is 11.9 Å². The molecule has 36 heteroatoms. The van der Waals surface area contributed by atoms with Gasteiger partial charge in [-0.15, -0.1) is 0 Å². The zero-order valence-electron chi connectivity index (χ0n) is 57.2. The number of carbonyl (C=O) groups excluding carboxylic acids is 7. The molecule has 0 aromatic heterocycles. The Balaban J connectivity index is 1.59. The molecule has 5 atom stereocenters. The summed E-state index contributed by atoms with van der Waals surface area (Å²) in [5.74, 6) is -11.1. The number of rotatable bonds is 22. The molecule has 5 unspecified atom stereocenters. The minimum absolute atomic E-state index is 0.0409. The third kappa shape index (κ3) is 27.3. The van der Waals surface area contributed by atoms with Gasteiger partial charge in [0.25, 0.3) is 50.6 Å². The normalized spacial score (nSPS) is 23.3. The van der Waals surface area contributed by atoms with Gasteiger partial charge in [0.1, 0.15) is 41.9 Å². The zero-order valence-corrected chi connectivity index (χ0v) is 61.3. The molecule has 31 nitrogen and oxygen atoms in total. The van der Waals surface area contributed by atoms with Crippen molar-refractivity contribution in [2.24, 2.45) is 0 Å². The van der Waals surface area contributed by atoms with Crippen molar-refractivity contribution in [1.29, 1.82) is 0 Å². The molecule has 2 aromatic rings. The Morgan fingerprint density at radius 2 is 1.02 bits per heavy atom. The number of benzene rings is 2. The van der Waals surface area contributed by atoms with Gasteiger partial charge in [0, 0.05) is 86.2 Å². The summed E-state index contributed by atoms with van der Waals surface area (Å²) >= 11 is 0. The van der Waals surface area contributed by atoms with Crippen LogP contribution in [0.15, 0.2) is 82.3 Å². The molecule has 0 radical (unpaired) electrons. The molecule has 2 aromatic carbocycles. The minimum atomic E-state index is -5.25. The van der Waals surface area contributed by atoms with Gasteiger partial charge in [0.2, 0.25) is 35.2 Å². The average Bonchev–Trinajstić information content (AvgIpc) is 1.59. The van der Waals surface area contributed by atoms with Gasteiger partial charge in [-0.25, -0.2) is 0 Å². The van der Waals surface area contributed by atoms with Gasteiger partial charge in [-0.1, -0.05) is 50.3 Å². The quantitative estimate of drug-likeness (QED) is 0.0321. The predicted octanol–water partition coefficient (Wildman–Crippen LogP) is 4.99. The summed E-state index contributed by atoms with van der Waals surface area (Å²) in [4.78, 5) is 93.2. The summed E-state index contributed by atoms with van der Waals surface area (Å²) in [7, 11) is -25.0. The van der Waals surface area contributed by atoms with Crippen LogP contribution in [0, 0.1) is 0 Å². The molecule has 0 aliphatic carbocycles. The first-order chi connectivity index (χ1) is 47.3. The van der Waals surface area contributed by atoms with E-state index in [4.69, 9.17) is 9.47 Å². The molecule has 0 saturated heterocycles. The summed E-state index contributed by atoms with van der Waals surface area (Å²) in [5.41, 5.74) is 1.92. The van der Waals surface area contributed by atoms with Gasteiger partial charge < -0.3 is 41.0 Å². The smallest absolute Gasteiger partial charge is 0.305 e. The van der Waals surface area contributed by atoms with E-state index < -0.39 is 132 Å². The molecule has 0 fully saturated rings. The molecule has 0 saturated carbocycles. The van der Waals surface area contributed by atoms with Crippen LogP contribution in [-0.4, -0.2) is 191 Å². The highest BCUT2D eigenvalue weighted by Gasteiger charge is 2.48. The number of amides is 5. The lowest BCUT2D eigenvalue weighted by Gasteiger charge is -2.30. The number of nitrogens with one attached hydrogen (secondary N) is 5. The van der Waals surface area contributed by atoms with Crippen LogP contribution in [0.4, 0.5) is 11.4 Å². The Hall–Kier alpha value is -7.03. The van der Waals surface area contributed by atoms with Crippen LogP contribution < -0.4 is 31.5 Å². The largest absolute Gasteiger partial charge is 0.466 e. The standard InChI is InChI=1S/C65H95N7O24S5/c1-5-95-59(75)29-17-10-23-39-71-53-33-31-46(100(89,90)91)41-48(53)64(3)35-19-8-15-27-57(73)66-37-21-12-22-38-67-61(77)50(43-97(80,81)82)69-63(79)52(45-99(86,87)88)70-62(78)51(44-98(83,84)85)68-58(74)28-16-9-20-36-65(4)49-42-47(101(92,93)94)32-34-54(49)72(40-24-11-18-30-60(76)96-6-2)56(65)26-14-7-13-25-55(64)71/h7,13-14,25-26,31-34,41-42,50-52H,5-6,8-12,15-24,27-30,35-40,43-45H2,1-4H3,(H9-,66,67,68,69,70,73,74,77,78,79,80,81,82,83,84,85,86,87,88,89,90,91,92,93,94)/p+1. The van der Waals surface area contributed by atoms with E-state index in [0.29, 0.717) is 125 Å². The van der Waals surface area contributed by atoms with Crippen molar-refractivity contribution >= 4 is 109 Å².